The number of rotatable bonds is 1. The molecule has 1 nitrogen and oxygen atoms in total. The van der Waals surface area contributed by atoms with E-state index in [0.717, 1.165) is 21.9 Å². The first-order chi connectivity index (χ1) is 8.74. The van der Waals surface area contributed by atoms with Crippen LogP contribution in [0, 0.1) is 6.92 Å². The van der Waals surface area contributed by atoms with Crippen molar-refractivity contribution in [3.8, 4) is 5.75 Å². The fraction of sp³-hybridized carbons (Fsp3) is 0.125. The topological polar surface area (TPSA) is 9.23 Å². The molecule has 0 N–H and O–H groups in total. The molecule has 1 unspecified atom stereocenters. The summed E-state index contributed by atoms with van der Waals surface area (Å²) < 4.78 is 5.97. The van der Waals surface area contributed by atoms with Gasteiger partial charge in [0.25, 0.3) is 0 Å². The summed E-state index contributed by atoms with van der Waals surface area (Å²) in [4.78, 5) is 0. The Morgan fingerprint density at radius 2 is 1.72 bits per heavy atom. The Labute approximate surface area is 112 Å². The molecule has 0 radical (unpaired) electrons. The summed E-state index contributed by atoms with van der Waals surface area (Å²) in [5.41, 5.74) is 3.32. The van der Waals surface area contributed by atoms with Gasteiger partial charge in [-0.3, -0.25) is 0 Å². The van der Waals surface area contributed by atoms with Gasteiger partial charge in [0, 0.05) is 5.56 Å². The highest BCUT2D eigenvalue weighted by Crippen LogP contribution is 2.38. The molecular formula is C16H13ClO. The zero-order chi connectivity index (χ0) is 12.5. The summed E-state index contributed by atoms with van der Waals surface area (Å²) in [6.45, 7) is 2.07. The third kappa shape index (κ3) is 2.02. The molecule has 2 heteroatoms. The van der Waals surface area contributed by atoms with Crippen molar-refractivity contribution < 1.29 is 4.74 Å². The second-order valence-corrected chi connectivity index (χ2v) is 4.87. The van der Waals surface area contributed by atoms with E-state index in [1.165, 1.54) is 5.56 Å². The highest BCUT2D eigenvalue weighted by molar-refractivity contribution is 6.49. The monoisotopic (exact) mass is 256 g/mol. The van der Waals surface area contributed by atoms with Gasteiger partial charge < -0.3 is 4.74 Å². The van der Waals surface area contributed by atoms with E-state index in [2.05, 4.69) is 31.2 Å². The summed E-state index contributed by atoms with van der Waals surface area (Å²) in [6.07, 6.45) is 1.85. The van der Waals surface area contributed by atoms with Crippen LogP contribution in [0.2, 0.25) is 0 Å². The maximum absolute atomic E-state index is 6.30. The van der Waals surface area contributed by atoms with E-state index in [-0.39, 0.29) is 6.10 Å². The molecule has 0 bridgehead atoms. The first-order valence-corrected chi connectivity index (χ1v) is 6.32. The van der Waals surface area contributed by atoms with E-state index in [9.17, 15) is 0 Å². The average Bonchev–Trinajstić information content (AvgIpc) is 2.39. The molecule has 18 heavy (non-hydrogen) atoms. The van der Waals surface area contributed by atoms with Gasteiger partial charge in [0.2, 0.25) is 0 Å². The van der Waals surface area contributed by atoms with E-state index in [1.54, 1.807) is 0 Å². The predicted octanol–water partition coefficient (Wildman–Crippen LogP) is 4.71. The van der Waals surface area contributed by atoms with Crippen LogP contribution in [0.15, 0.2) is 54.6 Å². The number of aryl methyl sites for hydroxylation is 1. The van der Waals surface area contributed by atoms with E-state index >= 15 is 0 Å². The molecular weight excluding hydrogens is 244 g/mol. The number of para-hydroxylation sites is 1. The van der Waals surface area contributed by atoms with Gasteiger partial charge in [0.05, 0.1) is 5.03 Å². The summed E-state index contributed by atoms with van der Waals surface area (Å²) in [5.74, 6) is 0.843. The van der Waals surface area contributed by atoms with Crippen molar-refractivity contribution in [2.45, 2.75) is 13.0 Å². The van der Waals surface area contributed by atoms with Crippen LogP contribution in [0.5, 0.6) is 5.75 Å². The van der Waals surface area contributed by atoms with Crippen molar-refractivity contribution >= 4 is 16.6 Å². The van der Waals surface area contributed by atoms with Gasteiger partial charge in [0.15, 0.2) is 0 Å². The van der Waals surface area contributed by atoms with Gasteiger partial charge in [-0.1, -0.05) is 53.6 Å². The van der Waals surface area contributed by atoms with E-state index in [0.29, 0.717) is 0 Å². The van der Waals surface area contributed by atoms with Gasteiger partial charge in [-0.2, -0.15) is 0 Å². The Morgan fingerprint density at radius 3 is 2.50 bits per heavy atom. The molecule has 1 atom stereocenters. The molecule has 90 valence electrons. The highest BCUT2D eigenvalue weighted by atomic mass is 35.5. The quantitative estimate of drug-likeness (QED) is 0.718. The first kappa shape index (κ1) is 11.4. The van der Waals surface area contributed by atoms with Crippen molar-refractivity contribution in [3.63, 3.8) is 0 Å². The normalized spacial score (nSPS) is 17.7. The molecule has 1 heterocycles. The second-order valence-electron chi connectivity index (χ2n) is 4.46. The molecule has 0 aromatic heterocycles. The van der Waals surface area contributed by atoms with Crippen molar-refractivity contribution in [1.29, 1.82) is 0 Å². The largest absolute Gasteiger partial charge is 0.481 e. The fourth-order valence-electron chi connectivity index (χ4n) is 2.08. The Hall–Kier alpha value is -1.73. The van der Waals surface area contributed by atoms with Crippen molar-refractivity contribution in [2.24, 2.45) is 0 Å². The van der Waals surface area contributed by atoms with Crippen molar-refractivity contribution in [1.82, 2.24) is 0 Å². The molecule has 2 aromatic carbocycles. The fourth-order valence-corrected chi connectivity index (χ4v) is 2.35. The lowest BCUT2D eigenvalue weighted by atomic mass is 10.0. The smallest absolute Gasteiger partial charge is 0.144 e. The van der Waals surface area contributed by atoms with Crippen LogP contribution < -0.4 is 4.74 Å². The number of hydrogen-bond acceptors (Lipinski definition) is 1. The van der Waals surface area contributed by atoms with Gasteiger partial charge in [0.1, 0.15) is 11.9 Å². The maximum atomic E-state index is 6.30. The lowest BCUT2D eigenvalue weighted by Gasteiger charge is -2.23. The molecule has 0 amide bonds. The molecule has 0 saturated carbocycles. The lowest BCUT2D eigenvalue weighted by Crippen LogP contribution is -2.10. The van der Waals surface area contributed by atoms with E-state index in [1.807, 2.05) is 30.3 Å². The Morgan fingerprint density at radius 1 is 1.00 bits per heavy atom. The van der Waals surface area contributed by atoms with Crippen LogP contribution in [0.1, 0.15) is 22.8 Å². The third-order valence-corrected chi connectivity index (χ3v) is 3.43. The minimum absolute atomic E-state index is 0.104. The predicted molar refractivity (Wildman–Crippen MR) is 74.8 cm³/mol. The van der Waals surface area contributed by atoms with E-state index < -0.39 is 0 Å². The Kier molecular flexibility index (Phi) is 2.85. The molecule has 1 aliphatic heterocycles. The molecule has 0 aliphatic carbocycles. The summed E-state index contributed by atoms with van der Waals surface area (Å²) in [7, 11) is 0. The van der Waals surface area contributed by atoms with Crippen molar-refractivity contribution in [3.05, 3.63) is 71.3 Å². The summed E-state index contributed by atoms with van der Waals surface area (Å²) in [6, 6.07) is 16.2. The Balaban J connectivity index is 1.99. The van der Waals surface area contributed by atoms with Gasteiger partial charge in [-0.15, -0.1) is 0 Å². The highest BCUT2D eigenvalue weighted by Gasteiger charge is 2.20. The van der Waals surface area contributed by atoms with Crippen LogP contribution in [0.4, 0.5) is 0 Å². The first-order valence-electron chi connectivity index (χ1n) is 5.94. The van der Waals surface area contributed by atoms with Crippen molar-refractivity contribution in [2.75, 3.05) is 0 Å². The Bertz CT molecular complexity index is 599. The minimum atomic E-state index is -0.104. The summed E-state index contributed by atoms with van der Waals surface area (Å²) in [5, 5.41) is 0.752. The number of ether oxygens (including phenoxy) is 1. The van der Waals surface area contributed by atoms with Gasteiger partial charge in [-0.05, 0) is 30.7 Å². The van der Waals surface area contributed by atoms with Gasteiger partial charge >= 0.3 is 0 Å². The maximum Gasteiger partial charge on any atom is 0.144 e. The number of benzene rings is 2. The zero-order valence-corrected chi connectivity index (χ0v) is 10.8. The standard InChI is InChI=1S/C16H13ClO/c1-11-6-8-12(9-7-11)16-10-14(17)13-4-2-3-5-15(13)18-16/h2-10,16H,1H3. The number of hydrogen-bond donors (Lipinski definition) is 0. The van der Waals surface area contributed by atoms with Gasteiger partial charge in [-0.25, -0.2) is 0 Å². The van der Waals surface area contributed by atoms with E-state index in [4.69, 9.17) is 16.3 Å². The minimum Gasteiger partial charge on any atom is -0.481 e. The summed E-state index contributed by atoms with van der Waals surface area (Å²) >= 11 is 6.30. The molecule has 1 aliphatic rings. The third-order valence-electron chi connectivity index (χ3n) is 3.10. The molecule has 2 aromatic rings. The zero-order valence-electron chi connectivity index (χ0n) is 10.1. The van der Waals surface area contributed by atoms with Crippen LogP contribution in [-0.4, -0.2) is 0 Å². The average molecular weight is 257 g/mol. The van der Waals surface area contributed by atoms with Crippen LogP contribution in [0.25, 0.3) is 5.03 Å². The molecule has 3 rings (SSSR count). The second kappa shape index (κ2) is 4.51. The molecule has 0 saturated heterocycles. The van der Waals surface area contributed by atoms with Crippen LogP contribution in [0.3, 0.4) is 0 Å². The molecule has 0 fully saturated rings. The lowest BCUT2D eigenvalue weighted by molar-refractivity contribution is 0.251. The van der Waals surface area contributed by atoms with Crippen LogP contribution in [-0.2, 0) is 0 Å². The number of fused-ring (bicyclic) bond motifs is 1. The SMILES string of the molecule is Cc1ccc(C2C=C(Cl)c3ccccc3O2)cc1. The van der Waals surface area contributed by atoms with Crippen LogP contribution >= 0.6 is 11.6 Å². The molecule has 0 spiro atoms. The number of halogens is 1.